The third-order valence-corrected chi connectivity index (χ3v) is 3.19. The molecule has 2 N–H and O–H groups in total. The van der Waals surface area contributed by atoms with Crippen molar-refractivity contribution in [2.45, 2.75) is 18.9 Å². The number of hydrogen-bond donors (Lipinski definition) is 1. The van der Waals surface area contributed by atoms with Crippen molar-refractivity contribution >= 4 is 11.3 Å². The first-order valence-corrected chi connectivity index (χ1v) is 6.08. The third-order valence-electron chi connectivity index (χ3n) is 2.46. The summed E-state index contributed by atoms with van der Waals surface area (Å²) in [5, 5.41) is 4.11. The van der Waals surface area contributed by atoms with Gasteiger partial charge in [0.2, 0.25) is 0 Å². The van der Waals surface area contributed by atoms with Crippen molar-refractivity contribution in [3.63, 3.8) is 0 Å². The van der Waals surface area contributed by atoms with Crippen molar-refractivity contribution in [3.05, 3.63) is 52.2 Å². The summed E-state index contributed by atoms with van der Waals surface area (Å²) in [6, 6.07) is 4.70. The molecule has 0 amide bonds. The fraction of sp³-hybridized carbons (Fsp3) is 0.250. The highest BCUT2D eigenvalue weighted by atomic mass is 32.1. The fourth-order valence-electron chi connectivity index (χ4n) is 1.56. The molecule has 1 unspecified atom stereocenters. The Kier molecular flexibility index (Phi) is 3.64. The van der Waals surface area contributed by atoms with Crippen LogP contribution in [-0.4, -0.2) is 4.98 Å². The van der Waals surface area contributed by atoms with Gasteiger partial charge in [-0.3, -0.25) is 4.98 Å². The molecule has 1 atom stereocenters. The number of halogens is 1. The molecule has 84 valence electrons. The highest BCUT2D eigenvalue weighted by Crippen LogP contribution is 2.18. The molecule has 0 aliphatic carbocycles. The molecule has 0 radical (unpaired) electrons. The number of aryl methyl sites for hydroxylation is 1. The second-order valence-electron chi connectivity index (χ2n) is 3.65. The Morgan fingerprint density at radius 3 is 3.00 bits per heavy atom. The summed E-state index contributed by atoms with van der Waals surface area (Å²) in [6.07, 6.45) is 3.15. The summed E-state index contributed by atoms with van der Waals surface area (Å²) < 4.78 is 13.4. The zero-order chi connectivity index (χ0) is 11.4. The Labute approximate surface area is 97.9 Å². The lowest BCUT2D eigenvalue weighted by atomic mass is 10.1. The van der Waals surface area contributed by atoms with Crippen molar-refractivity contribution < 1.29 is 4.39 Å². The molecule has 2 aromatic heterocycles. The largest absolute Gasteiger partial charge is 0.323 e. The maximum Gasteiger partial charge on any atom is 0.146 e. The van der Waals surface area contributed by atoms with E-state index < -0.39 is 0 Å². The van der Waals surface area contributed by atoms with Crippen molar-refractivity contribution in [3.8, 4) is 0 Å². The summed E-state index contributed by atoms with van der Waals surface area (Å²) in [7, 11) is 0. The van der Waals surface area contributed by atoms with E-state index in [4.69, 9.17) is 5.73 Å². The molecule has 0 spiro atoms. The SMILES string of the molecule is NC(CCc1ccsc1)c1ncccc1F. The standard InChI is InChI=1S/C12H13FN2S/c13-10-2-1-6-15-12(10)11(14)4-3-9-5-7-16-8-9/h1-2,5-8,11H,3-4,14H2. The Hall–Kier alpha value is -1.26. The van der Waals surface area contributed by atoms with E-state index in [-0.39, 0.29) is 11.9 Å². The van der Waals surface area contributed by atoms with Crippen LogP contribution in [0, 0.1) is 5.82 Å². The van der Waals surface area contributed by atoms with Gasteiger partial charge in [0.05, 0.1) is 11.7 Å². The lowest BCUT2D eigenvalue weighted by Crippen LogP contribution is -2.14. The molecule has 2 rings (SSSR count). The second kappa shape index (κ2) is 5.18. The number of nitrogens with two attached hydrogens (primary N) is 1. The van der Waals surface area contributed by atoms with Crippen LogP contribution in [0.15, 0.2) is 35.2 Å². The van der Waals surface area contributed by atoms with Gasteiger partial charge >= 0.3 is 0 Å². The van der Waals surface area contributed by atoms with Gasteiger partial charge in [-0.15, -0.1) is 0 Å². The van der Waals surface area contributed by atoms with Crippen molar-refractivity contribution in [1.82, 2.24) is 4.98 Å². The van der Waals surface area contributed by atoms with E-state index in [2.05, 4.69) is 16.4 Å². The Balaban J connectivity index is 1.98. The quantitative estimate of drug-likeness (QED) is 0.886. The van der Waals surface area contributed by atoms with Crippen LogP contribution in [0.25, 0.3) is 0 Å². The van der Waals surface area contributed by atoms with Crippen LogP contribution in [0.4, 0.5) is 4.39 Å². The molecule has 0 fully saturated rings. The number of thiophene rings is 1. The number of hydrogen-bond acceptors (Lipinski definition) is 3. The maximum atomic E-state index is 13.4. The normalized spacial score (nSPS) is 12.6. The summed E-state index contributed by atoms with van der Waals surface area (Å²) in [5.74, 6) is -0.319. The minimum atomic E-state index is -0.332. The van der Waals surface area contributed by atoms with Crippen LogP contribution in [0.2, 0.25) is 0 Å². The minimum absolute atomic E-state index is 0.319. The molecule has 0 bridgehead atoms. The predicted octanol–water partition coefficient (Wildman–Crippen LogP) is 2.91. The third kappa shape index (κ3) is 2.65. The van der Waals surface area contributed by atoms with Gasteiger partial charge < -0.3 is 5.73 Å². The first-order chi connectivity index (χ1) is 7.77. The smallest absolute Gasteiger partial charge is 0.146 e. The van der Waals surface area contributed by atoms with Crippen molar-refractivity contribution in [2.24, 2.45) is 5.73 Å². The predicted molar refractivity (Wildman–Crippen MR) is 63.8 cm³/mol. The molecule has 4 heteroatoms. The van der Waals surface area contributed by atoms with E-state index in [0.29, 0.717) is 12.1 Å². The molecule has 0 aromatic carbocycles. The van der Waals surface area contributed by atoms with Crippen LogP contribution >= 0.6 is 11.3 Å². The topological polar surface area (TPSA) is 38.9 Å². The summed E-state index contributed by atoms with van der Waals surface area (Å²) in [5.41, 5.74) is 7.52. The highest BCUT2D eigenvalue weighted by molar-refractivity contribution is 7.07. The van der Waals surface area contributed by atoms with Gasteiger partial charge in [-0.05, 0) is 47.4 Å². The molecule has 0 aliphatic heterocycles. The molecular weight excluding hydrogens is 223 g/mol. The average Bonchev–Trinajstić information content (AvgIpc) is 2.79. The number of nitrogens with zero attached hydrogens (tertiary/aromatic N) is 1. The highest BCUT2D eigenvalue weighted by Gasteiger charge is 2.12. The Morgan fingerprint density at radius 2 is 2.31 bits per heavy atom. The number of pyridine rings is 1. The van der Waals surface area contributed by atoms with E-state index in [1.165, 1.54) is 11.6 Å². The molecular formula is C12H13FN2S. The van der Waals surface area contributed by atoms with E-state index in [1.807, 2.05) is 5.38 Å². The molecule has 0 saturated heterocycles. The first-order valence-electron chi connectivity index (χ1n) is 5.14. The molecule has 2 heterocycles. The van der Waals surface area contributed by atoms with Crippen LogP contribution in [0.3, 0.4) is 0 Å². The summed E-state index contributed by atoms with van der Waals surface area (Å²) >= 11 is 1.66. The Morgan fingerprint density at radius 1 is 1.44 bits per heavy atom. The molecule has 0 aliphatic rings. The maximum absolute atomic E-state index is 13.4. The van der Waals surface area contributed by atoms with Gasteiger partial charge in [0.1, 0.15) is 5.82 Å². The summed E-state index contributed by atoms with van der Waals surface area (Å²) in [6.45, 7) is 0. The van der Waals surface area contributed by atoms with Gasteiger partial charge in [0.25, 0.3) is 0 Å². The lowest BCUT2D eigenvalue weighted by Gasteiger charge is -2.10. The molecule has 0 saturated carbocycles. The average molecular weight is 236 g/mol. The van der Waals surface area contributed by atoms with Crippen molar-refractivity contribution in [1.29, 1.82) is 0 Å². The van der Waals surface area contributed by atoms with Gasteiger partial charge in [-0.25, -0.2) is 4.39 Å². The molecule has 2 aromatic rings. The van der Waals surface area contributed by atoms with Crippen molar-refractivity contribution in [2.75, 3.05) is 0 Å². The van der Waals surface area contributed by atoms with Gasteiger partial charge in [-0.2, -0.15) is 11.3 Å². The van der Waals surface area contributed by atoms with E-state index >= 15 is 0 Å². The van der Waals surface area contributed by atoms with Crippen LogP contribution in [-0.2, 0) is 6.42 Å². The van der Waals surface area contributed by atoms with Gasteiger partial charge in [0, 0.05) is 6.20 Å². The molecule has 16 heavy (non-hydrogen) atoms. The Bertz CT molecular complexity index is 442. The number of rotatable bonds is 4. The van der Waals surface area contributed by atoms with Crippen LogP contribution in [0.1, 0.15) is 23.7 Å². The molecule has 2 nitrogen and oxygen atoms in total. The first kappa shape index (κ1) is 11.2. The van der Waals surface area contributed by atoms with E-state index in [0.717, 1.165) is 6.42 Å². The zero-order valence-corrected chi connectivity index (χ0v) is 9.58. The van der Waals surface area contributed by atoms with Gasteiger partial charge in [-0.1, -0.05) is 0 Å². The zero-order valence-electron chi connectivity index (χ0n) is 8.77. The fourth-order valence-corrected chi connectivity index (χ4v) is 2.27. The minimum Gasteiger partial charge on any atom is -0.323 e. The summed E-state index contributed by atoms with van der Waals surface area (Å²) in [4.78, 5) is 3.98. The monoisotopic (exact) mass is 236 g/mol. The second-order valence-corrected chi connectivity index (χ2v) is 4.43. The van der Waals surface area contributed by atoms with Crippen LogP contribution < -0.4 is 5.73 Å². The van der Waals surface area contributed by atoms with E-state index in [9.17, 15) is 4.39 Å². The van der Waals surface area contributed by atoms with E-state index in [1.54, 1.807) is 23.6 Å². The van der Waals surface area contributed by atoms with Gasteiger partial charge in [0.15, 0.2) is 0 Å². The van der Waals surface area contributed by atoms with Crippen LogP contribution in [0.5, 0.6) is 0 Å². The lowest BCUT2D eigenvalue weighted by molar-refractivity contribution is 0.547. The number of aromatic nitrogens is 1.